The molecule has 0 radical (unpaired) electrons. The molecule has 0 fully saturated rings. The molecule has 0 bridgehead atoms. The second-order valence-corrected chi connectivity index (χ2v) is 3.55. The van der Waals surface area contributed by atoms with Gasteiger partial charge in [0.15, 0.2) is 0 Å². The summed E-state index contributed by atoms with van der Waals surface area (Å²) >= 11 is 0. The van der Waals surface area contributed by atoms with Crippen LogP contribution in [0.5, 0.6) is 0 Å². The number of aromatic nitrogens is 2. The van der Waals surface area contributed by atoms with E-state index in [1.54, 1.807) is 12.4 Å². The Labute approximate surface area is 95.6 Å². The summed E-state index contributed by atoms with van der Waals surface area (Å²) in [6, 6.07) is 8.01. The van der Waals surface area contributed by atoms with Gasteiger partial charge in [-0.2, -0.15) is 0 Å². The van der Waals surface area contributed by atoms with Crippen LogP contribution in [-0.2, 0) is 13.0 Å². The van der Waals surface area contributed by atoms with Crippen molar-refractivity contribution < 1.29 is 0 Å². The van der Waals surface area contributed by atoms with Crippen LogP contribution in [0.4, 0.5) is 5.69 Å². The van der Waals surface area contributed by atoms with Gasteiger partial charge in [-0.1, -0.05) is 13.0 Å². The first-order valence-electron chi connectivity index (χ1n) is 5.47. The molecule has 0 aromatic carbocycles. The molecule has 0 unspecified atom stereocenters. The Balaban J connectivity index is 2.05. The van der Waals surface area contributed by atoms with Crippen molar-refractivity contribution in [3.8, 4) is 0 Å². The van der Waals surface area contributed by atoms with Gasteiger partial charge in [-0.25, -0.2) is 0 Å². The van der Waals surface area contributed by atoms with E-state index in [1.807, 2.05) is 24.4 Å². The predicted octanol–water partition coefficient (Wildman–Crippen LogP) is 2.65. The number of nitrogens with one attached hydrogen (secondary N) is 1. The van der Waals surface area contributed by atoms with Crippen molar-refractivity contribution in [3.05, 3.63) is 54.1 Å². The molecule has 0 saturated heterocycles. The highest BCUT2D eigenvalue weighted by Gasteiger charge is 2.00. The third-order valence-corrected chi connectivity index (χ3v) is 2.51. The van der Waals surface area contributed by atoms with Crippen molar-refractivity contribution in [2.45, 2.75) is 19.9 Å². The SMILES string of the molecule is CCc1cccnc1CNc1ccncc1. The average Bonchev–Trinajstić information content (AvgIpc) is 2.38. The minimum atomic E-state index is 0.758. The summed E-state index contributed by atoms with van der Waals surface area (Å²) in [6.45, 7) is 2.90. The predicted molar refractivity (Wildman–Crippen MR) is 65.2 cm³/mol. The third kappa shape index (κ3) is 2.57. The average molecular weight is 213 g/mol. The Morgan fingerprint density at radius 2 is 1.94 bits per heavy atom. The highest BCUT2D eigenvalue weighted by molar-refractivity contribution is 5.41. The van der Waals surface area contributed by atoms with Gasteiger partial charge >= 0.3 is 0 Å². The minimum absolute atomic E-state index is 0.758. The molecule has 0 amide bonds. The van der Waals surface area contributed by atoms with Crippen LogP contribution in [0.25, 0.3) is 0 Å². The Morgan fingerprint density at radius 3 is 2.69 bits per heavy atom. The van der Waals surface area contributed by atoms with Gasteiger partial charge in [0.25, 0.3) is 0 Å². The second-order valence-electron chi connectivity index (χ2n) is 3.55. The van der Waals surface area contributed by atoms with Crippen LogP contribution < -0.4 is 5.32 Å². The normalized spacial score (nSPS) is 10.1. The van der Waals surface area contributed by atoms with Crippen molar-refractivity contribution in [3.63, 3.8) is 0 Å². The number of pyridine rings is 2. The second kappa shape index (κ2) is 5.26. The molecule has 0 aliphatic heterocycles. The van der Waals surface area contributed by atoms with Gasteiger partial charge in [0.05, 0.1) is 12.2 Å². The Morgan fingerprint density at radius 1 is 1.12 bits per heavy atom. The number of aryl methyl sites for hydroxylation is 1. The molecule has 3 nitrogen and oxygen atoms in total. The van der Waals surface area contributed by atoms with Crippen molar-refractivity contribution in [2.75, 3.05) is 5.32 Å². The smallest absolute Gasteiger partial charge is 0.0626 e. The zero-order valence-electron chi connectivity index (χ0n) is 9.35. The van der Waals surface area contributed by atoms with Crippen molar-refractivity contribution in [1.82, 2.24) is 9.97 Å². The molecule has 82 valence electrons. The van der Waals surface area contributed by atoms with Gasteiger partial charge in [-0.15, -0.1) is 0 Å². The first-order valence-corrected chi connectivity index (χ1v) is 5.47. The number of anilines is 1. The summed E-state index contributed by atoms with van der Waals surface area (Å²) in [5, 5.41) is 3.33. The monoisotopic (exact) mass is 213 g/mol. The first-order chi connectivity index (χ1) is 7.90. The third-order valence-electron chi connectivity index (χ3n) is 2.51. The topological polar surface area (TPSA) is 37.8 Å². The van der Waals surface area contributed by atoms with Crippen LogP contribution in [0.15, 0.2) is 42.9 Å². The molecule has 2 rings (SSSR count). The van der Waals surface area contributed by atoms with E-state index in [4.69, 9.17) is 0 Å². The number of hydrogen-bond donors (Lipinski definition) is 1. The highest BCUT2D eigenvalue weighted by atomic mass is 14.9. The van der Waals surface area contributed by atoms with E-state index in [0.29, 0.717) is 0 Å². The molecule has 0 spiro atoms. The lowest BCUT2D eigenvalue weighted by Crippen LogP contribution is -2.04. The van der Waals surface area contributed by atoms with Crippen molar-refractivity contribution in [2.24, 2.45) is 0 Å². The van der Waals surface area contributed by atoms with E-state index < -0.39 is 0 Å². The van der Waals surface area contributed by atoms with Gasteiger partial charge in [0, 0.05) is 24.3 Å². The maximum Gasteiger partial charge on any atom is 0.0626 e. The molecule has 2 aromatic heterocycles. The molecule has 16 heavy (non-hydrogen) atoms. The van der Waals surface area contributed by atoms with Gasteiger partial charge < -0.3 is 5.32 Å². The van der Waals surface area contributed by atoms with Crippen LogP contribution in [0.2, 0.25) is 0 Å². The standard InChI is InChI=1S/C13H15N3/c1-2-11-4-3-7-15-13(11)10-16-12-5-8-14-9-6-12/h3-9H,2,10H2,1H3,(H,14,16). The van der Waals surface area contributed by atoms with Crippen LogP contribution >= 0.6 is 0 Å². The lowest BCUT2D eigenvalue weighted by atomic mass is 10.1. The Bertz CT molecular complexity index is 440. The molecule has 0 aliphatic carbocycles. The molecule has 0 saturated carbocycles. The summed E-state index contributed by atoms with van der Waals surface area (Å²) in [6.07, 6.45) is 6.41. The largest absolute Gasteiger partial charge is 0.379 e. The number of nitrogens with zero attached hydrogens (tertiary/aromatic N) is 2. The van der Waals surface area contributed by atoms with E-state index in [-0.39, 0.29) is 0 Å². The molecule has 3 heteroatoms. The van der Waals surface area contributed by atoms with E-state index in [1.165, 1.54) is 5.56 Å². The maximum atomic E-state index is 4.39. The van der Waals surface area contributed by atoms with E-state index in [0.717, 1.165) is 24.3 Å². The zero-order valence-corrected chi connectivity index (χ0v) is 9.35. The molecule has 0 aliphatic rings. The molecule has 2 aromatic rings. The Kier molecular flexibility index (Phi) is 3.49. The molecule has 1 N–H and O–H groups in total. The van der Waals surface area contributed by atoms with Gasteiger partial charge in [-0.05, 0) is 30.2 Å². The maximum absolute atomic E-state index is 4.39. The number of hydrogen-bond acceptors (Lipinski definition) is 3. The van der Waals surface area contributed by atoms with Crippen LogP contribution in [-0.4, -0.2) is 9.97 Å². The van der Waals surface area contributed by atoms with E-state index >= 15 is 0 Å². The lowest BCUT2D eigenvalue weighted by molar-refractivity contribution is 0.971. The van der Waals surface area contributed by atoms with Gasteiger partial charge in [-0.3, -0.25) is 9.97 Å². The zero-order chi connectivity index (χ0) is 11.2. The van der Waals surface area contributed by atoms with Crippen LogP contribution in [0, 0.1) is 0 Å². The fourth-order valence-corrected chi connectivity index (χ4v) is 1.61. The minimum Gasteiger partial charge on any atom is -0.379 e. The summed E-state index contributed by atoms with van der Waals surface area (Å²) in [5.74, 6) is 0. The first kappa shape index (κ1) is 10.6. The van der Waals surface area contributed by atoms with Crippen LogP contribution in [0.1, 0.15) is 18.2 Å². The quantitative estimate of drug-likeness (QED) is 0.848. The van der Waals surface area contributed by atoms with Crippen LogP contribution in [0.3, 0.4) is 0 Å². The van der Waals surface area contributed by atoms with Gasteiger partial charge in [0.1, 0.15) is 0 Å². The van der Waals surface area contributed by atoms with Crippen molar-refractivity contribution in [1.29, 1.82) is 0 Å². The summed E-state index contributed by atoms with van der Waals surface area (Å²) < 4.78 is 0. The van der Waals surface area contributed by atoms with Crippen molar-refractivity contribution >= 4 is 5.69 Å². The Hall–Kier alpha value is -1.90. The lowest BCUT2D eigenvalue weighted by Gasteiger charge is -2.08. The fraction of sp³-hybridized carbons (Fsp3) is 0.231. The van der Waals surface area contributed by atoms with Gasteiger partial charge in [0.2, 0.25) is 0 Å². The molecular weight excluding hydrogens is 198 g/mol. The number of rotatable bonds is 4. The summed E-state index contributed by atoms with van der Waals surface area (Å²) in [7, 11) is 0. The fourth-order valence-electron chi connectivity index (χ4n) is 1.61. The molecular formula is C13H15N3. The van der Waals surface area contributed by atoms with E-state index in [9.17, 15) is 0 Å². The highest BCUT2D eigenvalue weighted by Crippen LogP contribution is 2.10. The summed E-state index contributed by atoms with van der Waals surface area (Å²) in [5.41, 5.74) is 3.48. The molecule has 2 heterocycles. The van der Waals surface area contributed by atoms with E-state index in [2.05, 4.69) is 28.3 Å². The summed E-state index contributed by atoms with van der Waals surface area (Å²) in [4.78, 5) is 8.36. The molecule has 0 atom stereocenters.